The molecule has 1 fully saturated rings. The zero-order chi connectivity index (χ0) is 18.4. The van der Waals surface area contributed by atoms with Gasteiger partial charge in [0.2, 0.25) is 0 Å². The first-order valence-corrected chi connectivity index (χ1v) is 8.76. The number of rotatable bonds is 4. The van der Waals surface area contributed by atoms with E-state index in [1.807, 2.05) is 18.2 Å². The van der Waals surface area contributed by atoms with Gasteiger partial charge in [0.15, 0.2) is 0 Å². The van der Waals surface area contributed by atoms with Gasteiger partial charge in [-0.15, -0.1) is 0 Å². The molecule has 26 heavy (non-hydrogen) atoms. The monoisotopic (exact) mass is 355 g/mol. The molecule has 3 rings (SSSR count). The number of carbonyl (C=O) groups is 2. The van der Waals surface area contributed by atoms with Crippen molar-refractivity contribution in [2.75, 3.05) is 25.0 Å². The van der Waals surface area contributed by atoms with E-state index in [2.05, 4.69) is 10.6 Å². The minimum absolute atomic E-state index is 0.0675. The summed E-state index contributed by atoms with van der Waals surface area (Å²) in [5, 5.41) is 5.74. The number of halogens is 1. The van der Waals surface area contributed by atoms with Crippen LogP contribution in [0.2, 0.25) is 0 Å². The summed E-state index contributed by atoms with van der Waals surface area (Å²) in [5.74, 6) is -0.0408. The van der Waals surface area contributed by atoms with Crippen molar-refractivity contribution in [1.82, 2.24) is 10.2 Å². The molecule has 0 saturated carbocycles. The van der Waals surface area contributed by atoms with Crippen molar-refractivity contribution in [2.45, 2.75) is 12.8 Å². The summed E-state index contributed by atoms with van der Waals surface area (Å²) in [5.41, 5.74) is 1.23. The summed E-state index contributed by atoms with van der Waals surface area (Å²) in [6.45, 7) is 1.89. The van der Waals surface area contributed by atoms with Crippen LogP contribution in [0.1, 0.15) is 23.2 Å². The Bertz CT molecular complexity index is 741. The largest absolute Gasteiger partial charge is 0.352 e. The normalized spacial score (nSPS) is 14.7. The lowest BCUT2D eigenvalue weighted by molar-refractivity contribution is 0.0938. The Hall–Kier alpha value is -2.89. The van der Waals surface area contributed by atoms with E-state index in [9.17, 15) is 14.0 Å². The maximum Gasteiger partial charge on any atom is 0.321 e. The highest BCUT2D eigenvalue weighted by Crippen LogP contribution is 2.18. The van der Waals surface area contributed by atoms with Crippen LogP contribution in [0.3, 0.4) is 0 Å². The van der Waals surface area contributed by atoms with Gasteiger partial charge >= 0.3 is 6.03 Å². The molecule has 2 aromatic carbocycles. The van der Waals surface area contributed by atoms with E-state index in [0.29, 0.717) is 36.8 Å². The van der Waals surface area contributed by atoms with Crippen LogP contribution in [-0.4, -0.2) is 36.5 Å². The zero-order valence-corrected chi connectivity index (χ0v) is 14.5. The summed E-state index contributed by atoms with van der Waals surface area (Å²) in [6.07, 6.45) is 1.68. The fraction of sp³-hybridized carbons (Fsp3) is 0.300. The number of nitrogens with zero attached hydrogens (tertiary/aromatic N) is 1. The van der Waals surface area contributed by atoms with Gasteiger partial charge in [-0.1, -0.05) is 18.2 Å². The van der Waals surface area contributed by atoms with Crippen molar-refractivity contribution >= 4 is 17.6 Å². The van der Waals surface area contributed by atoms with E-state index >= 15 is 0 Å². The molecule has 2 N–H and O–H groups in total. The van der Waals surface area contributed by atoms with Gasteiger partial charge in [0.05, 0.1) is 0 Å². The highest BCUT2D eigenvalue weighted by molar-refractivity contribution is 5.94. The van der Waals surface area contributed by atoms with Gasteiger partial charge in [-0.3, -0.25) is 4.79 Å². The van der Waals surface area contributed by atoms with Crippen LogP contribution in [0.5, 0.6) is 0 Å². The maximum absolute atomic E-state index is 12.9. The van der Waals surface area contributed by atoms with Crippen LogP contribution < -0.4 is 10.6 Å². The Morgan fingerprint density at radius 1 is 1.00 bits per heavy atom. The molecule has 2 aromatic rings. The van der Waals surface area contributed by atoms with Crippen LogP contribution in [0.25, 0.3) is 0 Å². The Balaban J connectivity index is 1.41. The molecule has 0 unspecified atom stereocenters. The number of urea groups is 1. The number of anilines is 1. The summed E-state index contributed by atoms with van der Waals surface area (Å²) in [6, 6.07) is 14.7. The molecule has 1 aliphatic rings. The smallest absolute Gasteiger partial charge is 0.321 e. The molecule has 0 radical (unpaired) electrons. The van der Waals surface area contributed by atoms with Crippen LogP contribution in [-0.2, 0) is 0 Å². The van der Waals surface area contributed by atoms with Gasteiger partial charge in [-0.25, -0.2) is 9.18 Å². The van der Waals surface area contributed by atoms with Gasteiger partial charge in [0.1, 0.15) is 5.82 Å². The van der Waals surface area contributed by atoms with E-state index in [4.69, 9.17) is 0 Å². The summed E-state index contributed by atoms with van der Waals surface area (Å²) in [4.78, 5) is 26.1. The Kier molecular flexibility index (Phi) is 5.84. The zero-order valence-electron chi connectivity index (χ0n) is 14.5. The highest BCUT2D eigenvalue weighted by atomic mass is 19.1. The molecule has 6 heteroatoms. The third kappa shape index (κ3) is 4.81. The van der Waals surface area contributed by atoms with Crippen molar-refractivity contribution in [2.24, 2.45) is 5.92 Å². The fourth-order valence-electron chi connectivity index (χ4n) is 3.00. The molecule has 0 atom stereocenters. The van der Waals surface area contributed by atoms with E-state index < -0.39 is 0 Å². The van der Waals surface area contributed by atoms with Gasteiger partial charge in [-0.05, 0) is 55.2 Å². The molecule has 0 bridgehead atoms. The van der Waals surface area contributed by atoms with Gasteiger partial charge in [0.25, 0.3) is 5.91 Å². The lowest BCUT2D eigenvalue weighted by Crippen LogP contribution is -2.43. The lowest BCUT2D eigenvalue weighted by Gasteiger charge is -2.32. The average Bonchev–Trinajstić information content (AvgIpc) is 2.69. The number of carbonyl (C=O) groups excluding carboxylic acids is 2. The first-order valence-electron chi connectivity index (χ1n) is 8.76. The molecule has 0 aromatic heterocycles. The molecule has 3 amide bonds. The molecule has 5 nitrogen and oxygen atoms in total. The van der Waals surface area contributed by atoms with Gasteiger partial charge < -0.3 is 15.5 Å². The average molecular weight is 355 g/mol. The molecule has 1 saturated heterocycles. The number of hydrogen-bond donors (Lipinski definition) is 2. The summed E-state index contributed by atoms with van der Waals surface area (Å²) >= 11 is 0. The minimum Gasteiger partial charge on any atom is -0.352 e. The lowest BCUT2D eigenvalue weighted by atomic mass is 9.97. The third-order valence-corrected chi connectivity index (χ3v) is 4.58. The first-order chi connectivity index (χ1) is 12.6. The Labute approximate surface area is 152 Å². The van der Waals surface area contributed by atoms with Crippen molar-refractivity contribution in [1.29, 1.82) is 0 Å². The molecule has 136 valence electrons. The molecule has 1 aliphatic heterocycles. The van der Waals surface area contributed by atoms with Crippen molar-refractivity contribution in [3.8, 4) is 0 Å². The second-order valence-electron chi connectivity index (χ2n) is 6.44. The van der Waals surface area contributed by atoms with Crippen LogP contribution in [0.15, 0.2) is 54.6 Å². The highest BCUT2D eigenvalue weighted by Gasteiger charge is 2.23. The number of benzene rings is 2. The SMILES string of the molecule is O=C(NCC1CCN(C(=O)Nc2ccc(F)cc2)CC1)c1ccccc1. The second-order valence-corrected chi connectivity index (χ2v) is 6.44. The van der Waals surface area contributed by atoms with Crippen molar-refractivity contribution in [3.63, 3.8) is 0 Å². The van der Waals surface area contributed by atoms with Gasteiger partial charge in [0, 0.05) is 30.9 Å². The maximum atomic E-state index is 12.9. The minimum atomic E-state index is -0.332. The van der Waals surface area contributed by atoms with Crippen LogP contribution in [0.4, 0.5) is 14.9 Å². The predicted octanol–water partition coefficient (Wildman–Crippen LogP) is 3.50. The van der Waals surface area contributed by atoms with E-state index in [1.54, 1.807) is 29.2 Å². The number of amides is 3. The first kappa shape index (κ1) is 17.9. The molecule has 0 aliphatic carbocycles. The van der Waals surface area contributed by atoms with Gasteiger partial charge in [-0.2, -0.15) is 0 Å². The fourth-order valence-corrected chi connectivity index (χ4v) is 3.00. The predicted molar refractivity (Wildman–Crippen MR) is 98.5 cm³/mol. The second kappa shape index (κ2) is 8.47. The van der Waals surface area contributed by atoms with Crippen LogP contribution >= 0.6 is 0 Å². The Morgan fingerprint density at radius 3 is 2.31 bits per heavy atom. The summed E-state index contributed by atoms with van der Waals surface area (Å²) in [7, 11) is 0. The van der Waals surface area contributed by atoms with Crippen molar-refractivity contribution < 1.29 is 14.0 Å². The van der Waals surface area contributed by atoms with E-state index in [0.717, 1.165) is 12.8 Å². The number of hydrogen-bond acceptors (Lipinski definition) is 2. The third-order valence-electron chi connectivity index (χ3n) is 4.58. The molecule has 1 heterocycles. The van der Waals surface area contributed by atoms with E-state index in [1.165, 1.54) is 12.1 Å². The van der Waals surface area contributed by atoms with E-state index in [-0.39, 0.29) is 17.8 Å². The number of piperidine rings is 1. The van der Waals surface area contributed by atoms with Crippen LogP contribution in [0, 0.1) is 11.7 Å². The number of likely N-dealkylation sites (tertiary alicyclic amines) is 1. The Morgan fingerprint density at radius 2 is 1.65 bits per heavy atom. The topological polar surface area (TPSA) is 61.4 Å². The molecular weight excluding hydrogens is 333 g/mol. The standard InChI is InChI=1S/C20H22FN3O2/c21-17-6-8-18(9-7-17)23-20(26)24-12-10-15(11-13-24)14-22-19(25)16-4-2-1-3-5-16/h1-9,15H,10-14H2,(H,22,25)(H,23,26). The van der Waals surface area contributed by atoms with Crippen molar-refractivity contribution in [3.05, 3.63) is 66.0 Å². The molecular formula is C20H22FN3O2. The molecule has 0 spiro atoms. The quantitative estimate of drug-likeness (QED) is 0.882. The summed E-state index contributed by atoms with van der Waals surface area (Å²) < 4.78 is 12.9. The number of nitrogens with one attached hydrogen (secondary N) is 2.